The fraction of sp³-hybridized carbons (Fsp3) is 0.600. The largest absolute Gasteiger partial charge is 0.352 e. The highest BCUT2D eigenvalue weighted by molar-refractivity contribution is 7.99. The molecule has 0 radical (unpaired) electrons. The lowest BCUT2D eigenvalue weighted by Crippen LogP contribution is -2.55. The zero-order valence-electron chi connectivity index (χ0n) is 18.5. The number of nitrogens with zero attached hydrogens (tertiary/aromatic N) is 1. The molecule has 0 fully saturated rings. The number of ketones is 1. The van der Waals surface area contributed by atoms with Gasteiger partial charge >= 0.3 is 6.03 Å². The number of hydrogen-bond donors (Lipinski definition) is 4. The van der Waals surface area contributed by atoms with E-state index in [4.69, 9.17) is 5.73 Å². The summed E-state index contributed by atoms with van der Waals surface area (Å²) in [5, 5.41) is 7.72. The minimum Gasteiger partial charge on any atom is -0.352 e. The Morgan fingerprint density at radius 3 is 2.22 bits per heavy atom. The summed E-state index contributed by atoms with van der Waals surface area (Å²) in [4.78, 5) is 72.4. The lowest BCUT2D eigenvalue weighted by Gasteiger charge is -2.26. The molecule has 1 aliphatic rings. The third-order valence-corrected chi connectivity index (χ3v) is 5.25. The lowest BCUT2D eigenvalue weighted by molar-refractivity contribution is -0.141. The highest BCUT2D eigenvalue weighted by Gasteiger charge is 2.31. The van der Waals surface area contributed by atoms with Crippen LogP contribution in [0, 0.1) is 5.92 Å². The Balaban J connectivity index is 2.71. The first-order valence-corrected chi connectivity index (χ1v) is 11.6. The van der Waals surface area contributed by atoms with Gasteiger partial charge in [0.25, 0.3) is 11.8 Å². The summed E-state index contributed by atoms with van der Waals surface area (Å²) in [6, 6.07) is -2.33. The predicted octanol–water partition coefficient (Wildman–Crippen LogP) is -0.692. The number of carbonyl (C=O) groups excluding carboxylic acids is 6. The van der Waals surface area contributed by atoms with Crippen LogP contribution in [-0.4, -0.2) is 77.5 Å². The molecular weight excluding hydrogens is 438 g/mol. The van der Waals surface area contributed by atoms with Crippen LogP contribution >= 0.6 is 11.8 Å². The Kier molecular flexibility index (Phi) is 11.5. The van der Waals surface area contributed by atoms with Crippen molar-refractivity contribution < 1.29 is 28.8 Å². The van der Waals surface area contributed by atoms with Crippen molar-refractivity contribution in [2.24, 2.45) is 11.7 Å². The third kappa shape index (κ3) is 9.08. The molecule has 1 heterocycles. The standard InChI is InChI=1S/C20H31N5O6S/c1-12(2)18(24-15(27)10-25-16(28)7-8-17(25)29)19(30)23-13(14(26)11-32-3)6-4-5-9-22-20(21)31/h7-8,12-13,18H,4-6,9-11H2,1-3H3,(H,23,30)(H,24,27)(H3,21,22,31)/t13-,18-/m1/s1. The number of nitrogens with one attached hydrogen (secondary N) is 3. The second kappa shape index (κ2) is 13.5. The van der Waals surface area contributed by atoms with E-state index in [0.29, 0.717) is 25.8 Å². The number of unbranched alkanes of at least 4 members (excludes halogenated alkanes) is 1. The second-order valence-corrected chi connectivity index (χ2v) is 8.50. The summed E-state index contributed by atoms with van der Waals surface area (Å²) >= 11 is 1.34. The molecule has 0 saturated heterocycles. The van der Waals surface area contributed by atoms with Gasteiger partial charge in [0.2, 0.25) is 11.8 Å². The van der Waals surface area contributed by atoms with E-state index in [1.165, 1.54) is 11.8 Å². The van der Waals surface area contributed by atoms with E-state index in [1.54, 1.807) is 20.1 Å². The number of imide groups is 1. The minimum absolute atomic E-state index is 0.151. The molecule has 2 atom stereocenters. The molecule has 0 aromatic heterocycles. The predicted molar refractivity (Wildman–Crippen MR) is 119 cm³/mol. The second-order valence-electron chi connectivity index (χ2n) is 7.63. The fourth-order valence-electron chi connectivity index (χ4n) is 2.99. The maximum Gasteiger partial charge on any atom is 0.312 e. The number of nitrogens with two attached hydrogens (primary N) is 1. The van der Waals surface area contributed by atoms with Gasteiger partial charge < -0.3 is 21.7 Å². The molecule has 32 heavy (non-hydrogen) atoms. The minimum atomic E-state index is -0.954. The van der Waals surface area contributed by atoms with Crippen molar-refractivity contribution in [2.45, 2.75) is 45.2 Å². The third-order valence-electron chi connectivity index (χ3n) is 4.68. The van der Waals surface area contributed by atoms with Gasteiger partial charge in [0.1, 0.15) is 12.6 Å². The van der Waals surface area contributed by atoms with E-state index < -0.39 is 48.3 Å². The van der Waals surface area contributed by atoms with Crippen LogP contribution in [0.15, 0.2) is 12.2 Å². The van der Waals surface area contributed by atoms with Gasteiger partial charge in [-0.1, -0.05) is 13.8 Å². The van der Waals surface area contributed by atoms with E-state index in [0.717, 1.165) is 17.1 Å². The van der Waals surface area contributed by atoms with Crippen LogP contribution < -0.4 is 21.7 Å². The van der Waals surface area contributed by atoms with Gasteiger partial charge in [0, 0.05) is 18.7 Å². The van der Waals surface area contributed by atoms with E-state index in [9.17, 15) is 28.8 Å². The molecule has 0 aromatic carbocycles. The van der Waals surface area contributed by atoms with Crippen molar-refractivity contribution in [3.8, 4) is 0 Å². The Labute approximate surface area is 191 Å². The number of hydrogen-bond acceptors (Lipinski definition) is 7. The SMILES string of the molecule is CSCC(=O)[C@@H](CCCCNC(N)=O)NC(=O)[C@H](NC(=O)CN1C(=O)C=CC1=O)C(C)C. The van der Waals surface area contributed by atoms with Crippen LogP contribution in [0.2, 0.25) is 0 Å². The van der Waals surface area contributed by atoms with Gasteiger partial charge in [-0.25, -0.2) is 4.79 Å². The van der Waals surface area contributed by atoms with Crippen molar-refractivity contribution >= 4 is 47.2 Å². The van der Waals surface area contributed by atoms with Crippen LogP contribution in [-0.2, 0) is 24.0 Å². The molecule has 1 aliphatic heterocycles. The van der Waals surface area contributed by atoms with Gasteiger partial charge in [-0.2, -0.15) is 11.8 Å². The van der Waals surface area contributed by atoms with E-state index in [-0.39, 0.29) is 17.5 Å². The van der Waals surface area contributed by atoms with Crippen LogP contribution in [0.3, 0.4) is 0 Å². The summed E-state index contributed by atoms with van der Waals surface area (Å²) in [6.07, 6.45) is 5.44. The Bertz CT molecular complexity index is 752. The summed E-state index contributed by atoms with van der Waals surface area (Å²) < 4.78 is 0. The fourth-order valence-corrected chi connectivity index (χ4v) is 3.47. The topological polar surface area (TPSA) is 168 Å². The molecule has 0 unspecified atom stereocenters. The molecular formula is C20H31N5O6S. The van der Waals surface area contributed by atoms with Crippen molar-refractivity contribution in [3.63, 3.8) is 0 Å². The van der Waals surface area contributed by atoms with Crippen molar-refractivity contribution in [2.75, 3.05) is 25.1 Å². The number of thioether (sulfide) groups is 1. The molecule has 5 N–H and O–H groups in total. The molecule has 6 amide bonds. The van der Waals surface area contributed by atoms with E-state index in [1.807, 2.05) is 0 Å². The number of Topliss-reactive ketones (excluding diaryl/α,β-unsaturated/α-hetero) is 1. The summed E-state index contributed by atoms with van der Waals surface area (Å²) in [6.45, 7) is 3.32. The van der Waals surface area contributed by atoms with Crippen LogP contribution in [0.5, 0.6) is 0 Å². The number of carbonyl (C=O) groups is 6. The van der Waals surface area contributed by atoms with Crippen molar-refractivity contribution in [1.82, 2.24) is 20.9 Å². The quantitative estimate of drug-likeness (QED) is 0.193. The molecule has 178 valence electrons. The van der Waals surface area contributed by atoms with Crippen LogP contribution in [0.25, 0.3) is 0 Å². The number of amides is 6. The molecule has 0 saturated carbocycles. The molecule has 0 bridgehead atoms. The molecule has 11 nitrogen and oxygen atoms in total. The summed E-state index contributed by atoms with van der Waals surface area (Å²) in [5.74, 6) is -2.61. The number of urea groups is 1. The highest BCUT2D eigenvalue weighted by atomic mass is 32.2. The van der Waals surface area contributed by atoms with Crippen molar-refractivity contribution in [3.05, 3.63) is 12.2 Å². The first-order valence-electron chi connectivity index (χ1n) is 10.2. The Morgan fingerprint density at radius 1 is 1.06 bits per heavy atom. The van der Waals surface area contributed by atoms with Gasteiger partial charge in [-0.3, -0.25) is 28.9 Å². The zero-order chi connectivity index (χ0) is 24.3. The number of rotatable bonds is 14. The molecule has 0 aromatic rings. The number of primary amides is 1. The lowest BCUT2D eigenvalue weighted by atomic mass is 10.0. The monoisotopic (exact) mass is 469 g/mol. The van der Waals surface area contributed by atoms with E-state index in [2.05, 4.69) is 16.0 Å². The zero-order valence-corrected chi connectivity index (χ0v) is 19.3. The first-order chi connectivity index (χ1) is 15.1. The van der Waals surface area contributed by atoms with Crippen LogP contribution in [0.1, 0.15) is 33.1 Å². The first kappa shape index (κ1) is 27.1. The Morgan fingerprint density at radius 2 is 1.69 bits per heavy atom. The maximum absolute atomic E-state index is 12.9. The summed E-state index contributed by atoms with van der Waals surface area (Å²) in [7, 11) is 0. The maximum atomic E-state index is 12.9. The van der Waals surface area contributed by atoms with Gasteiger partial charge in [0.05, 0.1) is 11.8 Å². The van der Waals surface area contributed by atoms with Crippen molar-refractivity contribution in [1.29, 1.82) is 0 Å². The molecule has 0 aliphatic carbocycles. The van der Waals surface area contributed by atoms with Gasteiger partial charge in [0.15, 0.2) is 5.78 Å². The van der Waals surface area contributed by atoms with Gasteiger partial charge in [-0.05, 0) is 31.4 Å². The van der Waals surface area contributed by atoms with Gasteiger partial charge in [-0.15, -0.1) is 0 Å². The van der Waals surface area contributed by atoms with Crippen LogP contribution in [0.4, 0.5) is 4.79 Å². The average Bonchev–Trinajstić information content (AvgIpc) is 3.02. The normalized spacial score (nSPS) is 14.9. The smallest absolute Gasteiger partial charge is 0.312 e. The molecule has 1 rings (SSSR count). The highest BCUT2D eigenvalue weighted by Crippen LogP contribution is 2.09. The summed E-state index contributed by atoms with van der Waals surface area (Å²) in [5.41, 5.74) is 5.01. The Hall–Kier alpha value is -2.89. The molecule has 0 spiro atoms. The average molecular weight is 470 g/mol. The van der Waals surface area contributed by atoms with E-state index >= 15 is 0 Å². The molecule has 12 heteroatoms.